The molecular formula is C17H17ClN2O. The van der Waals surface area contributed by atoms with E-state index in [1.165, 1.54) is 24.0 Å². The summed E-state index contributed by atoms with van der Waals surface area (Å²) in [5, 5.41) is 6.24. The average Bonchev–Trinajstić information content (AvgIpc) is 2.47. The number of urea groups is 1. The van der Waals surface area contributed by atoms with Crippen molar-refractivity contribution in [3.63, 3.8) is 0 Å². The molecule has 2 aromatic rings. The van der Waals surface area contributed by atoms with Gasteiger partial charge in [0, 0.05) is 16.4 Å². The van der Waals surface area contributed by atoms with Crippen molar-refractivity contribution in [2.45, 2.75) is 25.7 Å². The molecule has 1 aliphatic rings. The summed E-state index contributed by atoms with van der Waals surface area (Å²) < 4.78 is 0. The first-order chi connectivity index (χ1) is 10.2. The van der Waals surface area contributed by atoms with E-state index in [4.69, 9.17) is 11.6 Å². The Morgan fingerprint density at radius 1 is 0.905 bits per heavy atom. The quantitative estimate of drug-likeness (QED) is 0.817. The second-order valence-corrected chi connectivity index (χ2v) is 5.72. The molecule has 0 spiro atoms. The van der Waals surface area contributed by atoms with E-state index in [0.29, 0.717) is 10.7 Å². The van der Waals surface area contributed by atoms with Crippen molar-refractivity contribution in [2.75, 3.05) is 10.6 Å². The van der Waals surface area contributed by atoms with Crippen LogP contribution in [0.5, 0.6) is 0 Å². The third-order valence-corrected chi connectivity index (χ3v) is 3.92. The summed E-state index contributed by atoms with van der Waals surface area (Å²) in [5.41, 5.74) is 4.26. The van der Waals surface area contributed by atoms with Gasteiger partial charge in [0.25, 0.3) is 0 Å². The second kappa shape index (κ2) is 6.19. The average molecular weight is 301 g/mol. The molecule has 3 nitrogen and oxygen atoms in total. The molecule has 0 saturated carbocycles. The van der Waals surface area contributed by atoms with Crippen LogP contribution in [-0.2, 0) is 12.8 Å². The fourth-order valence-electron chi connectivity index (χ4n) is 2.67. The van der Waals surface area contributed by atoms with Crippen molar-refractivity contribution in [1.82, 2.24) is 0 Å². The predicted octanol–water partition coefficient (Wildman–Crippen LogP) is 4.86. The van der Waals surface area contributed by atoms with Crippen LogP contribution >= 0.6 is 11.6 Å². The van der Waals surface area contributed by atoms with E-state index in [2.05, 4.69) is 22.8 Å². The Morgan fingerprint density at radius 3 is 2.38 bits per heavy atom. The zero-order valence-corrected chi connectivity index (χ0v) is 12.4. The van der Waals surface area contributed by atoms with Gasteiger partial charge >= 0.3 is 6.03 Å². The number of hydrogen-bond acceptors (Lipinski definition) is 1. The first-order valence-corrected chi connectivity index (χ1v) is 7.54. The van der Waals surface area contributed by atoms with Crippen molar-refractivity contribution in [3.8, 4) is 0 Å². The minimum atomic E-state index is -0.256. The molecule has 1 aliphatic carbocycles. The van der Waals surface area contributed by atoms with Crippen LogP contribution in [0.15, 0.2) is 42.5 Å². The van der Waals surface area contributed by atoms with Gasteiger partial charge in [-0.15, -0.1) is 0 Å². The van der Waals surface area contributed by atoms with E-state index in [1.807, 2.05) is 6.07 Å². The van der Waals surface area contributed by atoms with Crippen molar-refractivity contribution >= 4 is 29.0 Å². The molecule has 0 fully saturated rings. The van der Waals surface area contributed by atoms with Gasteiger partial charge in [-0.05, 0) is 67.1 Å². The molecule has 0 aliphatic heterocycles. The molecule has 2 N–H and O–H groups in total. The number of fused-ring (bicyclic) bond motifs is 1. The van der Waals surface area contributed by atoms with E-state index in [0.717, 1.165) is 18.5 Å². The predicted molar refractivity (Wildman–Crippen MR) is 87.2 cm³/mol. The van der Waals surface area contributed by atoms with Crippen molar-refractivity contribution < 1.29 is 4.79 Å². The molecule has 0 aromatic heterocycles. The highest BCUT2D eigenvalue weighted by molar-refractivity contribution is 6.30. The van der Waals surface area contributed by atoms with Gasteiger partial charge in [-0.3, -0.25) is 0 Å². The SMILES string of the molecule is O=C(Nc1cccc(Cl)c1)Nc1ccc2c(c1)CCCC2. The minimum absolute atomic E-state index is 0.256. The van der Waals surface area contributed by atoms with Crippen LogP contribution in [0.2, 0.25) is 5.02 Å². The standard InChI is InChI=1S/C17H17ClN2O/c18-14-6-3-7-15(11-14)19-17(21)20-16-9-8-12-4-1-2-5-13(12)10-16/h3,6-11H,1-2,4-5H2,(H2,19,20,21). The summed E-state index contributed by atoms with van der Waals surface area (Å²) in [6, 6.07) is 13.0. The van der Waals surface area contributed by atoms with E-state index in [1.54, 1.807) is 24.3 Å². The molecular weight excluding hydrogens is 284 g/mol. The van der Waals surface area contributed by atoms with E-state index < -0.39 is 0 Å². The number of nitrogens with one attached hydrogen (secondary N) is 2. The van der Waals surface area contributed by atoms with Gasteiger partial charge in [0.2, 0.25) is 0 Å². The van der Waals surface area contributed by atoms with Crippen LogP contribution in [-0.4, -0.2) is 6.03 Å². The molecule has 0 saturated heterocycles. The lowest BCUT2D eigenvalue weighted by Gasteiger charge is -2.17. The fraction of sp³-hybridized carbons (Fsp3) is 0.235. The summed E-state index contributed by atoms with van der Waals surface area (Å²) in [5.74, 6) is 0. The number of hydrogen-bond donors (Lipinski definition) is 2. The maximum absolute atomic E-state index is 12.0. The Kier molecular flexibility index (Phi) is 4.11. The Hall–Kier alpha value is -2.00. The Labute approximate surface area is 129 Å². The van der Waals surface area contributed by atoms with Crippen molar-refractivity contribution in [3.05, 3.63) is 58.6 Å². The summed E-state index contributed by atoms with van der Waals surface area (Å²) in [7, 11) is 0. The summed E-state index contributed by atoms with van der Waals surface area (Å²) in [4.78, 5) is 12.0. The van der Waals surface area contributed by atoms with E-state index in [9.17, 15) is 4.79 Å². The first-order valence-electron chi connectivity index (χ1n) is 7.16. The highest BCUT2D eigenvalue weighted by Gasteiger charge is 2.10. The number of anilines is 2. The van der Waals surface area contributed by atoms with Crippen molar-refractivity contribution in [1.29, 1.82) is 0 Å². The molecule has 0 heterocycles. The van der Waals surface area contributed by atoms with Crippen LogP contribution in [0.3, 0.4) is 0 Å². The van der Waals surface area contributed by atoms with Crippen LogP contribution in [0.1, 0.15) is 24.0 Å². The van der Waals surface area contributed by atoms with Gasteiger partial charge in [-0.1, -0.05) is 23.7 Å². The van der Waals surface area contributed by atoms with Crippen LogP contribution in [0.4, 0.5) is 16.2 Å². The van der Waals surface area contributed by atoms with Gasteiger partial charge in [0.15, 0.2) is 0 Å². The Balaban J connectivity index is 1.67. The first kappa shape index (κ1) is 14.0. The topological polar surface area (TPSA) is 41.1 Å². The summed E-state index contributed by atoms with van der Waals surface area (Å²) in [6.45, 7) is 0. The number of benzene rings is 2. The molecule has 0 unspecified atom stereocenters. The number of halogens is 1. The minimum Gasteiger partial charge on any atom is -0.308 e. The number of amides is 2. The molecule has 108 valence electrons. The van der Waals surface area contributed by atoms with E-state index >= 15 is 0 Å². The molecule has 0 radical (unpaired) electrons. The maximum atomic E-state index is 12.0. The lowest BCUT2D eigenvalue weighted by Crippen LogP contribution is -2.19. The summed E-state index contributed by atoms with van der Waals surface area (Å²) in [6.07, 6.45) is 4.73. The molecule has 3 rings (SSSR count). The third-order valence-electron chi connectivity index (χ3n) is 3.69. The zero-order valence-electron chi connectivity index (χ0n) is 11.7. The largest absolute Gasteiger partial charge is 0.323 e. The van der Waals surface area contributed by atoms with Crippen molar-refractivity contribution in [2.24, 2.45) is 0 Å². The lowest BCUT2D eigenvalue weighted by atomic mass is 9.91. The molecule has 21 heavy (non-hydrogen) atoms. The molecule has 2 amide bonds. The highest BCUT2D eigenvalue weighted by Crippen LogP contribution is 2.24. The van der Waals surface area contributed by atoms with Gasteiger partial charge in [0.05, 0.1) is 0 Å². The maximum Gasteiger partial charge on any atom is 0.323 e. The van der Waals surface area contributed by atoms with Gasteiger partial charge < -0.3 is 10.6 Å². The molecule has 2 aromatic carbocycles. The van der Waals surface area contributed by atoms with Gasteiger partial charge in [-0.2, -0.15) is 0 Å². The second-order valence-electron chi connectivity index (χ2n) is 5.28. The number of rotatable bonds is 2. The zero-order chi connectivity index (χ0) is 14.7. The van der Waals surface area contributed by atoms with Crippen LogP contribution < -0.4 is 10.6 Å². The van der Waals surface area contributed by atoms with Crippen LogP contribution in [0.25, 0.3) is 0 Å². The molecule has 4 heteroatoms. The Morgan fingerprint density at radius 2 is 1.62 bits per heavy atom. The Bertz CT molecular complexity index is 670. The monoisotopic (exact) mass is 300 g/mol. The number of carbonyl (C=O) groups is 1. The number of carbonyl (C=O) groups excluding carboxylic acids is 1. The highest BCUT2D eigenvalue weighted by atomic mass is 35.5. The van der Waals surface area contributed by atoms with Gasteiger partial charge in [0.1, 0.15) is 0 Å². The third kappa shape index (κ3) is 3.56. The molecule has 0 atom stereocenters. The summed E-state index contributed by atoms with van der Waals surface area (Å²) >= 11 is 5.90. The smallest absolute Gasteiger partial charge is 0.308 e. The van der Waals surface area contributed by atoms with Crippen LogP contribution in [0, 0.1) is 0 Å². The lowest BCUT2D eigenvalue weighted by molar-refractivity contribution is 0.262. The normalized spacial score (nSPS) is 13.4. The fourth-order valence-corrected chi connectivity index (χ4v) is 2.86. The number of aryl methyl sites for hydroxylation is 2. The molecule has 0 bridgehead atoms. The van der Waals surface area contributed by atoms with Gasteiger partial charge in [-0.25, -0.2) is 4.79 Å². The van der Waals surface area contributed by atoms with E-state index in [-0.39, 0.29) is 6.03 Å².